The molecule has 0 saturated carbocycles. The van der Waals surface area contributed by atoms with Gasteiger partial charge in [0.05, 0.1) is 24.9 Å². The number of aromatic nitrogens is 1. The van der Waals surface area contributed by atoms with Crippen molar-refractivity contribution in [3.05, 3.63) is 66.4 Å². The quantitative estimate of drug-likeness (QED) is 0.770. The van der Waals surface area contributed by atoms with E-state index in [0.29, 0.717) is 18.7 Å². The van der Waals surface area contributed by atoms with Crippen LogP contribution in [0.15, 0.2) is 60.8 Å². The van der Waals surface area contributed by atoms with Gasteiger partial charge in [0.1, 0.15) is 5.75 Å². The van der Waals surface area contributed by atoms with Crippen molar-refractivity contribution in [1.29, 1.82) is 0 Å². The van der Waals surface area contributed by atoms with E-state index in [4.69, 9.17) is 9.47 Å². The van der Waals surface area contributed by atoms with E-state index >= 15 is 0 Å². The summed E-state index contributed by atoms with van der Waals surface area (Å²) in [6, 6.07) is 17.1. The monoisotopic (exact) mass is 322 g/mol. The lowest BCUT2D eigenvalue weighted by atomic mass is 10.1. The summed E-state index contributed by atoms with van der Waals surface area (Å²) >= 11 is 0. The van der Waals surface area contributed by atoms with E-state index in [1.807, 2.05) is 48.5 Å². The summed E-state index contributed by atoms with van der Waals surface area (Å²) in [4.78, 5) is 16.3. The number of rotatable bonds is 5. The number of ether oxygens (including phenoxy) is 2. The van der Waals surface area contributed by atoms with Crippen molar-refractivity contribution >= 4 is 22.7 Å². The molecule has 1 amide bonds. The fourth-order valence-electron chi connectivity index (χ4n) is 2.40. The summed E-state index contributed by atoms with van der Waals surface area (Å²) in [7, 11) is 1.63. The zero-order valence-corrected chi connectivity index (χ0v) is 13.4. The van der Waals surface area contributed by atoms with Crippen LogP contribution in [0.5, 0.6) is 5.75 Å². The van der Waals surface area contributed by atoms with Gasteiger partial charge >= 0.3 is 6.09 Å². The minimum Gasteiger partial charge on any atom is -0.497 e. The van der Waals surface area contributed by atoms with Crippen molar-refractivity contribution in [3.63, 3.8) is 0 Å². The number of hydrogen-bond acceptors (Lipinski definition) is 4. The third kappa shape index (κ3) is 3.81. The molecular weight excluding hydrogens is 304 g/mol. The molecule has 0 unspecified atom stereocenters. The predicted octanol–water partition coefficient (Wildman–Crippen LogP) is 4.03. The molecule has 1 N–H and O–H groups in total. The van der Waals surface area contributed by atoms with Crippen LogP contribution in [0.1, 0.15) is 5.56 Å². The van der Waals surface area contributed by atoms with Crippen LogP contribution in [-0.2, 0) is 11.2 Å². The number of fused-ring (bicyclic) bond motifs is 1. The Hall–Kier alpha value is -3.08. The third-order valence-electron chi connectivity index (χ3n) is 3.65. The number of para-hydroxylation sites is 1. The third-order valence-corrected chi connectivity index (χ3v) is 3.65. The van der Waals surface area contributed by atoms with E-state index < -0.39 is 6.09 Å². The van der Waals surface area contributed by atoms with Crippen molar-refractivity contribution in [2.45, 2.75) is 6.42 Å². The lowest BCUT2D eigenvalue weighted by Gasteiger charge is -2.09. The van der Waals surface area contributed by atoms with Gasteiger partial charge in [-0.15, -0.1) is 0 Å². The van der Waals surface area contributed by atoms with Gasteiger partial charge in [-0.3, -0.25) is 10.3 Å². The largest absolute Gasteiger partial charge is 0.497 e. The topological polar surface area (TPSA) is 60.5 Å². The summed E-state index contributed by atoms with van der Waals surface area (Å²) in [6.45, 7) is 0.302. The van der Waals surface area contributed by atoms with Crippen LogP contribution in [0, 0.1) is 0 Å². The Kier molecular flexibility index (Phi) is 4.91. The molecule has 0 saturated heterocycles. The predicted molar refractivity (Wildman–Crippen MR) is 93.4 cm³/mol. The zero-order valence-electron chi connectivity index (χ0n) is 13.4. The maximum Gasteiger partial charge on any atom is 0.411 e. The minimum absolute atomic E-state index is 0.302. The van der Waals surface area contributed by atoms with Gasteiger partial charge in [0.2, 0.25) is 0 Å². The molecule has 122 valence electrons. The number of hydrogen-bond donors (Lipinski definition) is 1. The molecular formula is C19H18N2O3. The molecule has 0 aliphatic heterocycles. The van der Waals surface area contributed by atoms with Gasteiger partial charge in [0.25, 0.3) is 0 Å². The second-order valence-electron chi connectivity index (χ2n) is 5.24. The molecule has 5 nitrogen and oxygen atoms in total. The van der Waals surface area contributed by atoms with Gasteiger partial charge in [-0.1, -0.05) is 30.3 Å². The maximum atomic E-state index is 12.0. The van der Waals surface area contributed by atoms with Gasteiger partial charge in [0, 0.05) is 18.0 Å². The Morgan fingerprint density at radius 2 is 1.88 bits per heavy atom. The molecule has 0 atom stereocenters. The first-order valence-corrected chi connectivity index (χ1v) is 7.67. The molecule has 0 fully saturated rings. The number of methoxy groups -OCH3 is 1. The number of carbonyl (C=O) groups is 1. The van der Waals surface area contributed by atoms with Crippen LogP contribution in [0.4, 0.5) is 10.5 Å². The van der Waals surface area contributed by atoms with Crippen molar-refractivity contribution in [2.24, 2.45) is 0 Å². The highest BCUT2D eigenvalue weighted by molar-refractivity contribution is 5.97. The highest BCUT2D eigenvalue weighted by atomic mass is 16.5. The summed E-state index contributed by atoms with van der Waals surface area (Å²) in [6.07, 6.45) is 1.86. The fraction of sp³-hybridized carbons (Fsp3) is 0.158. The van der Waals surface area contributed by atoms with Crippen molar-refractivity contribution in [2.75, 3.05) is 19.0 Å². The number of pyridine rings is 1. The summed E-state index contributed by atoms with van der Waals surface area (Å²) < 4.78 is 10.4. The smallest absolute Gasteiger partial charge is 0.411 e. The van der Waals surface area contributed by atoms with Crippen LogP contribution in [0.3, 0.4) is 0 Å². The Balaban J connectivity index is 1.55. The molecule has 0 radical (unpaired) electrons. The second-order valence-corrected chi connectivity index (χ2v) is 5.24. The standard InChI is InChI=1S/C19H18N2O3/c1-23-16-9-7-14(8-10-16)11-13-24-19(22)21-17-6-2-4-15-5-3-12-20-18(15)17/h2-10,12H,11,13H2,1H3,(H,21,22). The molecule has 3 aromatic rings. The van der Waals surface area contributed by atoms with E-state index in [-0.39, 0.29) is 0 Å². The molecule has 1 heterocycles. The average Bonchev–Trinajstić information content (AvgIpc) is 2.63. The molecule has 3 rings (SSSR count). The van der Waals surface area contributed by atoms with Crippen LogP contribution >= 0.6 is 0 Å². The molecule has 0 bridgehead atoms. The lowest BCUT2D eigenvalue weighted by molar-refractivity contribution is 0.163. The molecule has 0 aliphatic rings. The van der Waals surface area contributed by atoms with Crippen molar-refractivity contribution < 1.29 is 14.3 Å². The van der Waals surface area contributed by atoms with Gasteiger partial charge in [-0.25, -0.2) is 4.79 Å². The van der Waals surface area contributed by atoms with E-state index in [1.54, 1.807) is 19.4 Å². The Labute approximate surface area is 140 Å². The SMILES string of the molecule is COc1ccc(CCOC(=O)Nc2cccc3cccnc23)cc1. The molecule has 5 heteroatoms. The lowest BCUT2D eigenvalue weighted by Crippen LogP contribution is -2.15. The molecule has 0 aliphatic carbocycles. The molecule has 1 aromatic heterocycles. The highest BCUT2D eigenvalue weighted by Crippen LogP contribution is 2.20. The highest BCUT2D eigenvalue weighted by Gasteiger charge is 2.07. The first kappa shape index (κ1) is 15.8. The number of nitrogens with one attached hydrogen (secondary N) is 1. The van der Waals surface area contributed by atoms with Crippen LogP contribution in [0.2, 0.25) is 0 Å². The van der Waals surface area contributed by atoms with Crippen molar-refractivity contribution in [3.8, 4) is 5.75 Å². The van der Waals surface area contributed by atoms with E-state index in [0.717, 1.165) is 22.2 Å². The molecule has 0 spiro atoms. The van der Waals surface area contributed by atoms with E-state index in [1.165, 1.54) is 0 Å². The van der Waals surface area contributed by atoms with E-state index in [9.17, 15) is 4.79 Å². The van der Waals surface area contributed by atoms with Crippen molar-refractivity contribution in [1.82, 2.24) is 4.98 Å². The van der Waals surface area contributed by atoms with Crippen LogP contribution in [-0.4, -0.2) is 24.8 Å². The summed E-state index contributed by atoms with van der Waals surface area (Å²) in [5.74, 6) is 0.806. The summed E-state index contributed by atoms with van der Waals surface area (Å²) in [5.41, 5.74) is 2.46. The minimum atomic E-state index is -0.485. The molecule has 24 heavy (non-hydrogen) atoms. The first-order chi connectivity index (χ1) is 11.8. The van der Waals surface area contributed by atoms with Gasteiger partial charge in [-0.05, 0) is 29.8 Å². The second kappa shape index (κ2) is 7.46. The summed E-state index contributed by atoms with van der Waals surface area (Å²) in [5, 5.41) is 3.71. The fourth-order valence-corrected chi connectivity index (χ4v) is 2.40. The normalized spacial score (nSPS) is 10.4. The number of nitrogens with zero attached hydrogens (tertiary/aromatic N) is 1. The number of amides is 1. The Bertz CT molecular complexity index is 826. The Morgan fingerprint density at radius 3 is 2.67 bits per heavy atom. The zero-order chi connectivity index (χ0) is 16.8. The number of anilines is 1. The van der Waals surface area contributed by atoms with Gasteiger partial charge in [-0.2, -0.15) is 0 Å². The first-order valence-electron chi connectivity index (χ1n) is 7.67. The van der Waals surface area contributed by atoms with Gasteiger partial charge < -0.3 is 9.47 Å². The van der Waals surface area contributed by atoms with E-state index in [2.05, 4.69) is 10.3 Å². The van der Waals surface area contributed by atoms with Crippen LogP contribution < -0.4 is 10.1 Å². The number of carbonyl (C=O) groups excluding carboxylic acids is 1. The maximum absolute atomic E-state index is 12.0. The molecule has 2 aromatic carbocycles. The van der Waals surface area contributed by atoms with Crippen LogP contribution in [0.25, 0.3) is 10.9 Å². The van der Waals surface area contributed by atoms with Gasteiger partial charge in [0.15, 0.2) is 0 Å². The number of benzene rings is 2. The average molecular weight is 322 g/mol. The Morgan fingerprint density at radius 1 is 1.08 bits per heavy atom.